The molecule has 0 saturated heterocycles. The molecule has 0 heterocycles. The highest BCUT2D eigenvalue weighted by Crippen LogP contribution is 2.16. The molecule has 0 atom stereocenters. The van der Waals surface area contributed by atoms with E-state index in [1.165, 1.54) is 0 Å². The van der Waals surface area contributed by atoms with Gasteiger partial charge in [-0.1, -0.05) is 39.5 Å². The molecule has 4 nitrogen and oxygen atoms in total. The first-order chi connectivity index (χ1) is 8.96. The number of esters is 2. The summed E-state index contributed by atoms with van der Waals surface area (Å²) in [6, 6.07) is 0. The first kappa shape index (κ1) is 17.9. The Morgan fingerprint density at radius 3 is 1.58 bits per heavy atom. The summed E-state index contributed by atoms with van der Waals surface area (Å²) in [5.74, 6) is -2.33. The van der Waals surface area contributed by atoms with Gasteiger partial charge in [0.1, 0.15) is 0 Å². The summed E-state index contributed by atoms with van der Waals surface area (Å²) in [4.78, 5) is 22.9. The van der Waals surface area contributed by atoms with E-state index < -0.39 is 17.6 Å². The van der Waals surface area contributed by atoms with Crippen molar-refractivity contribution in [1.29, 1.82) is 0 Å². The van der Waals surface area contributed by atoms with Crippen molar-refractivity contribution < 1.29 is 23.5 Å². The molecule has 0 aliphatic heterocycles. The molecule has 5 heteroatoms. The molecule has 19 heavy (non-hydrogen) atoms. The zero-order valence-electron chi connectivity index (χ0n) is 12.2. The van der Waals surface area contributed by atoms with Crippen LogP contribution in [0, 0.1) is 0 Å². The maximum Gasteiger partial charge on any atom is 0.355 e. The van der Waals surface area contributed by atoms with Crippen LogP contribution in [0.15, 0.2) is 0 Å². The van der Waals surface area contributed by atoms with E-state index in [9.17, 15) is 14.0 Å². The van der Waals surface area contributed by atoms with Crippen LogP contribution < -0.4 is 0 Å². The van der Waals surface area contributed by atoms with E-state index in [4.69, 9.17) is 9.47 Å². The van der Waals surface area contributed by atoms with Crippen LogP contribution in [0.5, 0.6) is 0 Å². The second-order valence-electron chi connectivity index (χ2n) is 4.69. The number of unbranched alkanes of at least 4 members (excludes halogenated alkanes) is 4. The Labute approximate surface area is 114 Å². The molecule has 0 aliphatic rings. The van der Waals surface area contributed by atoms with Crippen LogP contribution in [-0.2, 0) is 19.1 Å². The zero-order valence-corrected chi connectivity index (χ0v) is 12.2. The van der Waals surface area contributed by atoms with Crippen molar-refractivity contribution in [3.05, 3.63) is 0 Å². The zero-order chi connectivity index (χ0) is 14.7. The van der Waals surface area contributed by atoms with E-state index in [1.807, 2.05) is 13.8 Å². The minimum atomic E-state index is -2.71. The second-order valence-corrected chi connectivity index (χ2v) is 4.69. The van der Waals surface area contributed by atoms with Gasteiger partial charge in [0.25, 0.3) is 5.67 Å². The van der Waals surface area contributed by atoms with Crippen LogP contribution in [0.1, 0.15) is 59.3 Å². The van der Waals surface area contributed by atoms with Crippen molar-refractivity contribution in [2.24, 2.45) is 0 Å². The summed E-state index contributed by atoms with van der Waals surface area (Å²) in [7, 11) is 0. The van der Waals surface area contributed by atoms with Crippen LogP contribution in [0.3, 0.4) is 0 Å². The molecule has 0 amide bonds. The number of rotatable bonds is 10. The predicted octanol–water partition coefficient (Wildman–Crippen LogP) is 3.18. The van der Waals surface area contributed by atoms with Crippen LogP contribution in [0.25, 0.3) is 0 Å². The summed E-state index contributed by atoms with van der Waals surface area (Å²) in [6.07, 6.45) is 5.09. The van der Waals surface area contributed by atoms with Crippen molar-refractivity contribution in [2.75, 3.05) is 13.2 Å². The van der Waals surface area contributed by atoms with E-state index >= 15 is 0 Å². The van der Waals surface area contributed by atoms with Gasteiger partial charge in [0.2, 0.25) is 0 Å². The van der Waals surface area contributed by atoms with Gasteiger partial charge in [0.15, 0.2) is 0 Å². The molecule has 0 radical (unpaired) electrons. The van der Waals surface area contributed by atoms with Crippen molar-refractivity contribution in [1.82, 2.24) is 0 Å². The van der Waals surface area contributed by atoms with Crippen LogP contribution in [0.2, 0.25) is 0 Å². The molecular formula is C14H25FO4. The average molecular weight is 276 g/mol. The van der Waals surface area contributed by atoms with Gasteiger partial charge in [0.05, 0.1) is 13.2 Å². The van der Waals surface area contributed by atoms with E-state index in [0.29, 0.717) is 12.8 Å². The van der Waals surface area contributed by atoms with Gasteiger partial charge in [-0.3, -0.25) is 0 Å². The third kappa shape index (κ3) is 7.13. The molecule has 0 spiro atoms. The number of carbonyl (C=O) groups excluding carboxylic acids is 2. The van der Waals surface area contributed by atoms with Crippen molar-refractivity contribution >= 4 is 11.9 Å². The lowest BCUT2D eigenvalue weighted by Gasteiger charge is -2.17. The molecule has 0 aromatic heterocycles. The van der Waals surface area contributed by atoms with Crippen molar-refractivity contribution in [2.45, 2.75) is 65.0 Å². The highest BCUT2D eigenvalue weighted by molar-refractivity contribution is 6.02. The molecule has 0 bridgehead atoms. The summed E-state index contributed by atoms with van der Waals surface area (Å²) in [6.45, 7) is 5.17. The normalized spacial score (nSPS) is 11.2. The first-order valence-electron chi connectivity index (χ1n) is 7.00. The second kappa shape index (κ2) is 9.75. The van der Waals surface area contributed by atoms with E-state index in [1.54, 1.807) is 0 Å². The Morgan fingerprint density at radius 2 is 1.26 bits per heavy atom. The summed E-state index contributed by atoms with van der Waals surface area (Å²) >= 11 is 0. The van der Waals surface area contributed by atoms with Gasteiger partial charge in [0, 0.05) is 0 Å². The Hall–Kier alpha value is -1.13. The fourth-order valence-electron chi connectivity index (χ4n) is 1.39. The minimum Gasteiger partial charge on any atom is -0.463 e. The number of hydrogen-bond acceptors (Lipinski definition) is 4. The number of carbonyl (C=O) groups is 2. The summed E-state index contributed by atoms with van der Waals surface area (Å²) in [5, 5.41) is 0. The number of halogens is 1. The maximum atomic E-state index is 13.9. The highest BCUT2D eigenvalue weighted by atomic mass is 19.1. The molecule has 0 unspecified atom stereocenters. The lowest BCUT2D eigenvalue weighted by Crippen LogP contribution is -2.42. The molecule has 0 aromatic carbocycles. The minimum absolute atomic E-state index is 0.134. The van der Waals surface area contributed by atoms with E-state index in [0.717, 1.165) is 32.6 Å². The largest absolute Gasteiger partial charge is 0.463 e. The topological polar surface area (TPSA) is 52.6 Å². The fourth-order valence-corrected chi connectivity index (χ4v) is 1.39. The standard InChI is InChI=1S/C14H25FO4/c1-4-6-8-10-18-12(16)14(3,15)13(17)19-11-9-7-5-2/h4-11H2,1-3H3. The number of hydrogen-bond donors (Lipinski definition) is 0. The van der Waals surface area contributed by atoms with Crippen molar-refractivity contribution in [3.8, 4) is 0 Å². The van der Waals surface area contributed by atoms with Gasteiger partial charge < -0.3 is 9.47 Å². The van der Waals surface area contributed by atoms with Gasteiger partial charge in [-0.25, -0.2) is 14.0 Å². The SMILES string of the molecule is CCCCCOC(=O)C(C)(F)C(=O)OCCCCC. The molecule has 0 N–H and O–H groups in total. The lowest BCUT2D eigenvalue weighted by atomic mass is 10.1. The number of ether oxygens (including phenoxy) is 2. The fraction of sp³-hybridized carbons (Fsp3) is 0.857. The molecule has 0 aromatic rings. The van der Waals surface area contributed by atoms with Crippen molar-refractivity contribution in [3.63, 3.8) is 0 Å². The van der Waals surface area contributed by atoms with E-state index in [2.05, 4.69) is 0 Å². The number of alkyl halides is 1. The average Bonchev–Trinajstić information content (AvgIpc) is 2.39. The monoisotopic (exact) mass is 276 g/mol. The first-order valence-corrected chi connectivity index (χ1v) is 7.00. The molecule has 0 aliphatic carbocycles. The van der Waals surface area contributed by atoms with Gasteiger partial charge in [-0.15, -0.1) is 0 Å². The quantitative estimate of drug-likeness (QED) is 0.349. The molecular weight excluding hydrogens is 251 g/mol. The third-order valence-electron chi connectivity index (χ3n) is 2.73. The van der Waals surface area contributed by atoms with Gasteiger partial charge >= 0.3 is 11.9 Å². The third-order valence-corrected chi connectivity index (χ3v) is 2.73. The molecule has 0 rings (SSSR count). The summed E-state index contributed by atoms with van der Waals surface area (Å²) in [5.41, 5.74) is -2.71. The Kier molecular flexibility index (Phi) is 9.17. The highest BCUT2D eigenvalue weighted by Gasteiger charge is 2.45. The van der Waals surface area contributed by atoms with Gasteiger partial charge in [-0.2, -0.15) is 0 Å². The summed E-state index contributed by atoms with van der Waals surface area (Å²) < 4.78 is 23.4. The van der Waals surface area contributed by atoms with Crippen LogP contribution in [0.4, 0.5) is 4.39 Å². The van der Waals surface area contributed by atoms with E-state index in [-0.39, 0.29) is 13.2 Å². The Balaban J connectivity index is 4.04. The van der Waals surface area contributed by atoms with Crippen LogP contribution >= 0.6 is 0 Å². The Morgan fingerprint density at radius 1 is 0.895 bits per heavy atom. The molecule has 0 saturated carbocycles. The van der Waals surface area contributed by atoms with Gasteiger partial charge in [-0.05, 0) is 19.8 Å². The molecule has 112 valence electrons. The van der Waals surface area contributed by atoms with Crippen LogP contribution in [-0.4, -0.2) is 30.8 Å². The lowest BCUT2D eigenvalue weighted by molar-refractivity contribution is -0.173. The Bertz CT molecular complexity index is 251. The predicted molar refractivity (Wildman–Crippen MR) is 70.5 cm³/mol. The smallest absolute Gasteiger partial charge is 0.355 e. The molecule has 0 fully saturated rings. The maximum absolute atomic E-state index is 13.9.